The maximum atomic E-state index is 10.8. The van der Waals surface area contributed by atoms with Gasteiger partial charge in [0.1, 0.15) is 16.5 Å². The van der Waals surface area contributed by atoms with Crippen LogP contribution in [0.3, 0.4) is 0 Å². The first-order chi connectivity index (χ1) is 11.8. The summed E-state index contributed by atoms with van der Waals surface area (Å²) >= 11 is 5.86. The van der Waals surface area contributed by atoms with Gasteiger partial charge in [-0.15, -0.1) is 21.5 Å². The number of nitrogen functional groups attached to an aromatic ring is 1. The first-order valence-electron chi connectivity index (χ1n) is 7.29. The first kappa shape index (κ1) is 18.4. The van der Waals surface area contributed by atoms with Gasteiger partial charge in [0, 0.05) is 4.88 Å². The van der Waals surface area contributed by atoms with E-state index in [9.17, 15) is 4.79 Å². The molecule has 11 heteroatoms. The van der Waals surface area contributed by atoms with Crippen LogP contribution in [-0.4, -0.2) is 31.8 Å². The molecule has 3 aromatic rings. The van der Waals surface area contributed by atoms with Crippen LogP contribution >= 0.6 is 46.2 Å². The Labute approximate surface area is 161 Å². The van der Waals surface area contributed by atoms with Crippen molar-refractivity contribution in [2.24, 2.45) is 5.73 Å². The number of rotatable bonds is 6. The zero-order valence-electron chi connectivity index (χ0n) is 13.8. The van der Waals surface area contributed by atoms with Crippen LogP contribution in [0.5, 0.6) is 0 Å². The highest BCUT2D eigenvalue weighted by Crippen LogP contribution is 2.39. The van der Waals surface area contributed by atoms with Crippen LogP contribution in [0.25, 0.3) is 10.2 Å². The fourth-order valence-corrected chi connectivity index (χ4v) is 6.11. The van der Waals surface area contributed by atoms with Crippen molar-refractivity contribution in [3.05, 3.63) is 16.3 Å². The average Bonchev–Trinajstić information content (AvgIpc) is 3.10. The van der Waals surface area contributed by atoms with E-state index in [-0.39, 0.29) is 16.9 Å². The second-order valence-electron chi connectivity index (χ2n) is 5.28. The molecule has 0 radical (unpaired) electrons. The molecule has 3 heterocycles. The maximum Gasteiger partial charge on any atom is 0.227 e. The van der Waals surface area contributed by atoms with Crippen molar-refractivity contribution < 1.29 is 4.79 Å². The second-order valence-corrected chi connectivity index (χ2v) is 10.3. The second kappa shape index (κ2) is 7.44. The Morgan fingerprint density at radius 2 is 1.92 bits per heavy atom. The summed E-state index contributed by atoms with van der Waals surface area (Å²) in [6.07, 6.45) is 0. The number of nitrogens with two attached hydrogens (primary N) is 2. The highest BCUT2D eigenvalue weighted by atomic mass is 32.2. The smallest absolute Gasteiger partial charge is 0.227 e. The normalized spacial score (nSPS) is 12.6. The molecule has 3 rings (SSSR count). The van der Waals surface area contributed by atoms with E-state index in [1.165, 1.54) is 39.7 Å². The van der Waals surface area contributed by atoms with E-state index in [1.807, 2.05) is 13.8 Å². The average molecular weight is 413 g/mol. The molecule has 1 amide bonds. The van der Waals surface area contributed by atoms with Gasteiger partial charge in [0.25, 0.3) is 0 Å². The third-order valence-corrected chi connectivity index (χ3v) is 7.80. The van der Waals surface area contributed by atoms with Gasteiger partial charge in [0.2, 0.25) is 5.91 Å². The van der Waals surface area contributed by atoms with Gasteiger partial charge in [-0.1, -0.05) is 34.9 Å². The molecule has 132 valence electrons. The number of carbonyl (C=O) groups excluding carboxylic acids is 1. The van der Waals surface area contributed by atoms with Crippen LogP contribution in [0.4, 0.5) is 5.82 Å². The van der Waals surface area contributed by atoms with E-state index in [2.05, 4.69) is 27.1 Å². The molecule has 1 atom stereocenters. The number of primary amides is 1. The SMILES string of the molecule is Cc1sc2nc(C(C)Sc3nnc(SCC(N)=O)s3)nc(N)c2c1C. The number of thioether (sulfide) groups is 2. The number of amides is 1. The third-order valence-electron chi connectivity index (χ3n) is 3.44. The van der Waals surface area contributed by atoms with Gasteiger partial charge in [-0.25, -0.2) is 9.97 Å². The largest absolute Gasteiger partial charge is 0.383 e. The van der Waals surface area contributed by atoms with Crippen LogP contribution in [0, 0.1) is 13.8 Å². The van der Waals surface area contributed by atoms with Gasteiger partial charge in [0.15, 0.2) is 8.68 Å². The van der Waals surface area contributed by atoms with E-state index in [0.717, 1.165) is 20.1 Å². The van der Waals surface area contributed by atoms with Crippen molar-refractivity contribution in [2.45, 2.75) is 34.7 Å². The predicted octanol–water partition coefficient (Wildman–Crippen LogP) is 3.17. The number of carbonyl (C=O) groups is 1. The molecule has 1 unspecified atom stereocenters. The molecule has 0 saturated carbocycles. The molecule has 0 saturated heterocycles. The van der Waals surface area contributed by atoms with Gasteiger partial charge in [0.05, 0.1) is 16.4 Å². The summed E-state index contributed by atoms with van der Waals surface area (Å²) in [7, 11) is 0. The highest BCUT2D eigenvalue weighted by molar-refractivity contribution is 8.03. The summed E-state index contributed by atoms with van der Waals surface area (Å²) in [6.45, 7) is 6.11. The lowest BCUT2D eigenvalue weighted by Gasteiger charge is -2.08. The molecule has 0 spiro atoms. The van der Waals surface area contributed by atoms with Crippen molar-refractivity contribution >= 4 is 68.1 Å². The molecule has 0 bridgehead atoms. The van der Waals surface area contributed by atoms with E-state index in [0.29, 0.717) is 16.0 Å². The number of fused-ring (bicyclic) bond motifs is 1. The van der Waals surface area contributed by atoms with Crippen LogP contribution in [0.1, 0.15) is 28.4 Å². The van der Waals surface area contributed by atoms with Crippen LogP contribution in [0.2, 0.25) is 0 Å². The highest BCUT2D eigenvalue weighted by Gasteiger charge is 2.19. The van der Waals surface area contributed by atoms with E-state index >= 15 is 0 Å². The summed E-state index contributed by atoms with van der Waals surface area (Å²) in [6, 6.07) is 0. The first-order valence-corrected chi connectivity index (χ1v) is 10.8. The van der Waals surface area contributed by atoms with Gasteiger partial charge >= 0.3 is 0 Å². The molecular formula is C14H16N6OS4. The fourth-order valence-electron chi connectivity index (χ4n) is 2.12. The number of hydrogen-bond donors (Lipinski definition) is 2. The monoisotopic (exact) mass is 412 g/mol. The van der Waals surface area contributed by atoms with Crippen molar-refractivity contribution in [1.82, 2.24) is 20.2 Å². The Hall–Kier alpha value is -1.43. The summed E-state index contributed by atoms with van der Waals surface area (Å²) < 4.78 is 1.51. The van der Waals surface area contributed by atoms with Crippen LogP contribution in [-0.2, 0) is 4.79 Å². The van der Waals surface area contributed by atoms with Crippen molar-refractivity contribution in [3.8, 4) is 0 Å². The standard InChI is InChI=1S/C14H16N6OS4/c1-5-6(2)23-12-9(5)10(16)17-11(18-12)7(3)24-14-20-19-13(25-14)22-4-8(15)21/h7H,4H2,1-3H3,(H2,15,21)(H2,16,17,18). The van der Waals surface area contributed by atoms with Crippen LogP contribution in [0.15, 0.2) is 8.68 Å². The molecule has 25 heavy (non-hydrogen) atoms. The Kier molecular flexibility index (Phi) is 5.46. The molecule has 4 N–H and O–H groups in total. The zero-order valence-corrected chi connectivity index (χ0v) is 17.0. The van der Waals surface area contributed by atoms with Crippen molar-refractivity contribution in [1.29, 1.82) is 0 Å². The lowest BCUT2D eigenvalue weighted by molar-refractivity contribution is -0.115. The lowest BCUT2D eigenvalue weighted by Crippen LogP contribution is -2.12. The number of nitrogens with zero attached hydrogens (tertiary/aromatic N) is 4. The van der Waals surface area contributed by atoms with Crippen molar-refractivity contribution in [2.75, 3.05) is 11.5 Å². The quantitative estimate of drug-likeness (QED) is 0.592. The number of anilines is 1. The van der Waals surface area contributed by atoms with Crippen molar-refractivity contribution in [3.63, 3.8) is 0 Å². The molecule has 0 aliphatic rings. The van der Waals surface area contributed by atoms with Gasteiger partial charge in [-0.2, -0.15) is 0 Å². The minimum Gasteiger partial charge on any atom is -0.383 e. The number of aromatic nitrogens is 4. The summed E-state index contributed by atoms with van der Waals surface area (Å²) in [4.78, 5) is 22.1. The van der Waals surface area contributed by atoms with Gasteiger partial charge in [-0.3, -0.25) is 4.79 Å². The lowest BCUT2D eigenvalue weighted by atomic mass is 10.2. The Morgan fingerprint density at radius 3 is 2.64 bits per heavy atom. The van der Waals surface area contributed by atoms with E-state index in [1.54, 1.807) is 11.3 Å². The Morgan fingerprint density at radius 1 is 1.20 bits per heavy atom. The molecule has 0 aliphatic heterocycles. The van der Waals surface area contributed by atoms with Crippen LogP contribution < -0.4 is 11.5 Å². The summed E-state index contributed by atoms with van der Waals surface area (Å²) in [5.74, 6) is 1.02. The molecular weight excluding hydrogens is 396 g/mol. The zero-order chi connectivity index (χ0) is 18.1. The number of aryl methyl sites for hydroxylation is 2. The minimum atomic E-state index is -0.374. The van der Waals surface area contributed by atoms with E-state index in [4.69, 9.17) is 11.5 Å². The maximum absolute atomic E-state index is 10.8. The minimum absolute atomic E-state index is 0.0173. The Balaban J connectivity index is 1.78. The van der Waals surface area contributed by atoms with E-state index < -0.39 is 0 Å². The molecule has 0 fully saturated rings. The number of hydrogen-bond acceptors (Lipinski definition) is 10. The van der Waals surface area contributed by atoms with Gasteiger partial charge in [-0.05, 0) is 26.3 Å². The molecule has 0 aliphatic carbocycles. The topological polar surface area (TPSA) is 121 Å². The predicted molar refractivity (Wildman–Crippen MR) is 105 cm³/mol. The third kappa shape index (κ3) is 4.05. The Bertz CT molecular complexity index is 937. The summed E-state index contributed by atoms with van der Waals surface area (Å²) in [5.41, 5.74) is 12.4. The molecule has 7 nitrogen and oxygen atoms in total. The molecule has 3 aromatic heterocycles. The fraction of sp³-hybridized carbons (Fsp3) is 0.357. The number of thiophene rings is 1. The molecule has 0 aromatic carbocycles. The van der Waals surface area contributed by atoms with Gasteiger partial charge < -0.3 is 11.5 Å². The summed E-state index contributed by atoms with van der Waals surface area (Å²) in [5, 5.41) is 9.12.